The average molecular weight is 268 g/mol. The Morgan fingerprint density at radius 2 is 2.33 bits per heavy atom. The lowest BCUT2D eigenvalue weighted by Crippen LogP contribution is -2.10. The zero-order valence-electron chi connectivity index (χ0n) is 7.98. The van der Waals surface area contributed by atoms with Gasteiger partial charge in [0.05, 0.1) is 24.3 Å². The van der Waals surface area contributed by atoms with Crippen molar-refractivity contribution < 1.29 is 9.84 Å². The van der Waals surface area contributed by atoms with Crippen LogP contribution in [0.15, 0.2) is 18.2 Å². The molecule has 4 heteroatoms. The summed E-state index contributed by atoms with van der Waals surface area (Å²) in [5.74, 6) is 0.670. The second-order valence-electron chi connectivity index (χ2n) is 3.46. The molecule has 3 nitrogen and oxygen atoms in total. The Hall–Kier alpha value is -1.05. The van der Waals surface area contributed by atoms with E-state index in [4.69, 9.17) is 10.00 Å². The molecule has 0 radical (unpaired) electrons. The summed E-state index contributed by atoms with van der Waals surface area (Å²) in [6.45, 7) is 0.575. The summed E-state index contributed by atoms with van der Waals surface area (Å²) in [5, 5.41) is 18.8. The van der Waals surface area contributed by atoms with Gasteiger partial charge in [0.1, 0.15) is 5.75 Å². The fourth-order valence-electron chi connectivity index (χ4n) is 1.61. The second-order valence-corrected chi connectivity index (χ2v) is 4.64. The summed E-state index contributed by atoms with van der Waals surface area (Å²) in [5.41, 5.74) is 1.23. The maximum Gasteiger partial charge on any atom is 0.125 e. The van der Waals surface area contributed by atoms with Crippen LogP contribution < -0.4 is 4.74 Å². The smallest absolute Gasteiger partial charge is 0.125 e. The number of nitrogens with zero attached hydrogens (tertiary/aromatic N) is 1. The van der Waals surface area contributed by atoms with Crippen LogP contribution in [0.25, 0.3) is 0 Å². The third-order valence-corrected chi connectivity index (χ3v) is 3.41. The van der Waals surface area contributed by atoms with Gasteiger partial charge in [0.25, 0.3) is 0 Å². The van der Waals surface area contributed by atoms with E-state index in [-0.39, 0.29) is 4.83 Å². The molecule has 0 saturated heterocycles. The Balaban J connectivity index is 2.47. The Bertz CT molecular complexity index is 414. The van der Waals surface area contributed by atoms with Gasteiger partial charge in [-0.15, -0.1) is 0 Å². The Kier molecular flexibility index (Phi) is 2.94. The molecule has 0 aromatic heterocycles. The van der Waals surface area contributed by atoms with Crippen LogP contribution in [-0.2, 0) is 0 Å². The number of fused-ring (bicyclic) bond motifs is 1. The van der Waals surface area contributed by atoms with E-state index in [1.165, 1.54) is 0 Å². The lowest BCUT2D eigenvalue weighted by molar-refractivity contribution is 0.176. The molecule has 1 N–H and O–H groups in total. The lowest BCUT2D eigenvalue weighted by Gasteiger charge is -2.14. The van der Waals surface area contributed by atoms with E-state index in [1.54, 1.807) is 18.2 Å². The highest BCUT2D eigenvalue weighted by Crippen LogP contribution is 2.35. The molecule has 0 aliphatic carbocycles. The molecule has 0 fully saturated rings. The van der Waals surface area contributed by atoms with Crippen molar-refractivity contribution in [3.05, 3.63) is 29.3 Å². The number of aliphatic hydroxyl groups is 1. The van der Waals surface area contributed by atoms with Crippen LogP contribution in [0.2, 0.25) is 0 Å². The van der Waals surface area contributed by atoms with Gasteiger partial charge < -0.3 is 9.84 Å². The highest BCUT2D eigenvalue weighted by Gasteiger charge is 2.25. The molecule has 1 heterocycles. The first kappa shape index (κ1) is 10.5. The summed E-state index contributed by atoms with van der Waals surface area (Å²) >= 11 is 3.41. The predicted molar refractivity (Wildman–Crippen MR) is 58.9 cm³/mol. The Morgan fingerprint density at radius 1 is 1.53 bits per heavy atom. The number of aliphatic hydroxyl groups excluding tert-OH is 1. The van der Waals surface area contributed by atoms with Gasteiger partial charge >= 0.3 is 0 Å². The van der Waals surface area contributed by atoms with Gasteiger partial charge in [0.15, 0.2) is 0 Å². The Labute approximate surface area is 96.4 Å². The topological polar surface area (TPSA) is 53.2 Å². The minimum absolute atomic E-state index is 0.0207. The monoisotopic (exact) mass is 267 g/mol. The van der Waals surface area contributed by atoms with E-state index in [0.717, 1.165) is 6.42 Å². The summed E-state index contributed by atoms with van der Waals surface area (Å²) in [6, 6.07) is 7.16. The maximum atomic E-state index is 9.99. The van der Waals surface area contributed by atoms with E-state index >= 15 is 0 Å². The van der Waals surface area contributed by atoms with E-state index in [2.05, 4.69) is 22.0 Å². The minimum atomic E-state index is -0.615. The Morgan fingerprint density at radius 3 is 3.07 bits per heavy atom. The molecule has 0 spiro atoms. The molecule has 0 saturated carbocycles. The number of halogens is 1. The lowest BCUT2D eigenvalue weighted by atomic mass is 10.0. The van der Waals surface area contributed by atoms with Crippen LogP contribution in [0.4, 0.5) is 0 Å². The van der Waals surface area contributed by atoms with E-state index in [0.29, 0.717) is 23.5 Å². The highest BCUT2D eigenvalue weighted by atomic mass is 79.9. The normalized spacial score (nSPS) is 24.6. The molecule has 2 rings (SSSR count). The summed E-state index contributed by atoms with van der Waals surface area (Å²) < 4.78 is 5.49. The molecule has 1 aromatic carbocycles. The molecule has 1 aliphatic heterocycles. The molecule has 15 heavy (non-hydrogen) atoms. The van der Waals surface area contributed by atoms with Crippen molar-refractivity contribution in [1.82, 2.24) is 0 Å². The zero-order chi connectivity index (χ0) is 10.8. The van der Waals surface area contributed by atoms with Crippen molar-refractivity contribution >= 4 is 15.9 Å². The molecule has 0 unspecified atom stereocenters. The molecule has 78 valence electrons. The first-order valence-corrected chi connectivity index (χ1v) is 5.63. The van der Waals surface area contributed by atoms with Crippen molar-refractivity contribution in [2.24, 2.45) is 0 Å². The van der Waals surface area contributed by atoms with Crippen LogP contribution in [0, 0.1) is 11.3 Å². The van der Waals surface area contributed by atoms with Crippen molar-refractivity contribution in [3.63, 3.8) is 0 Å². The van der Waals surface area contributed by atoms with Crippen LogP contribution in [0.5, 0.6) is 5.75 Å². The standard InChI is InChI=1S/C11H10BrNO2/c12-9-3-4-15-10-2-1-7(6-13)5-8(10)11(9)14/h1-2,5,9,11,14H,3-4H2/t9-,11-/m1/s1. The van der Waals surface area contributed by atoms with Crippen LogP contribution >= 0.6 is 15.9 Å². The van der Waals surface area contributed by atoms with Crippen LogP contribution in [0.3, 0.4) is 0 Å². The van der Waals surface area contributed by atoms with Crippen LogP contribution in [0.1, 0.15) is 23.7 Å². The van der Waals surface area contributed by atoms with Crippen molar-refractivity contribution in [1.29, 1.82) is 5.26 Å². The third-order valence-electron chi connectivity index (χ3n) is 2.45. The number of rotatable bonds is 0. The zero-order valence-corrected chi connectivity index (χ0v) is 9.57. The van der Waals surface area contributed by atoms with E-state index in [9.17, 15) is 5.11 Å². The third kappa shape index (κ3) is 1.99. The van der Waals surface area contributed by atoms with Gasteiger partial charge in [-0.2, -0.15) is 5.26 Å². The molecule has 1 aliphatic rings. The number of hydrogen-bond acceptors (Lipinski definition) is 3. The molecule has 0 bridgehead atoms. The molecular weight excluding hydrogens is 258 g/mol. The summed E-state index contributed by atoms with van der Waals surface area (Å²) in [4.78, 5) is -0.0207. The van der Waals surface area contributed by atoms with Gasteiger partial charge in [-0.3, -0.25) is 0 Å². The number of alkyl halides is 1. The first-order valence-electron chi connectivity index (χ1n) is 4.71. The molecule has 0 amide bonds. The number of benzene rings is 1. The fraction of sp³-hybridized carbons (Fsp3) is 0.364. The predicted octanol–water partition coefficient (Wildman–Crippen LogP) is 2.14. The van der Waals surface area contributed by atoms with Gasteiger partial charge in [-0.25, -0.2) is 0 Å². The van der Waals surface area contributed by atoms with Crippen LogP contribution in [-0.4, -0.2) is 16.5 Å². The summed E-state index contributed by atoms with van der Waals surface area (Å²) in [7, 11) is 0. The van der Waals surface area contributed by atoms with Gasteiger partial charge in [-0.05, 0) is 24.6 Å². The number of ether oxygens (including phenoxy) is 1. The quantitative estimate of drug-likeness (QED) is 0.733. The van der Waals surface area contributed by atoms with E-state index in [1.807, 2.05) is 0 Å². The second kappa shape index (κ2) is 4.21. The van der Waals surface area contributed by atoms with Gasteiger partial charge in [0.2, 0.25) is 0 Å². The van der Waals surface area contributed by atoms with Gasteiger partial charge in [0, 0.05) is 10.4 Å². The van der Waals surface area contributed by atoms with E-state index < -0.39 is 6.10 Å². The molecule has 2 atom stereocenters. The maximum absolute atomic E-state index is 9.99. The highest BCUT2D eigenvalue weighted by molar-refractivity contribution is 9.09. The fourth-order valence-corrected chi connectivity index (χ4v) is 2.09. The van der Waals surface area contributed by atoms with Crippen molar-refractivity contribution in [2.45, 2.75) is 17.4 Å². The SMILES string of the molecule is N#Cc1ccc2c(c1)[C@@H](O)[C@H](Br)CCO2. The first-order chi connectivity index (χ1) is 7.22. The minimum Gasteiger partial charge on any atom is -0.493 e. The molecular formula is C11H10BrNO2. The number of nitriles is 1. The largest absolute Gasteiger partial charge is 0.493 e. The number of hydrogen-bond donors (Lipinski definition) is 1. The average Bonchev–Trinajstić information content (AvgIpc) is 2.40. The van der Waals surface area contributed by atoms with Crippen molar-refractivity contribution in [2.75, 3.05) is 6.61 Å². The molecule has 1 aromatic rings. The van der Waals surface area contributed by atoms with Gasteiger partial charge in [-0.1, -0.05) is 15.9 Å². The van der Waals surface area contributed by atoms with Crippen molar-refractivity contribution in [3.8, 4) is 11.8 Å². The summed E-state index contributed by atoms with van der Waals surface area (Å²) in [6.07, 6.45) is 0.133.